The lowest BCUT2D eigenvalue weighted by atomic mass is 9.96. The molecule has 4 saturated heterocycles. The SMILES string of the molecule is CC[C@H](C)[C@H](NC(=O)[C@H](Cc1ccc(O)cc1)NC(=O)[C@@H](NC(=O)[C@H](CCCN=C(N)N)NC(=O)[C@H](CC(=O)O)NC(=O)[C@@H]1CCCN1C(=O)[C@@H]1CCCN1C(=O)[C@@H]1CCCN1)C(C)C)C(=O)N[C@@H](Cc1cnc[nH]1)C(=O)N1CCC[C@H]1C(=O)N[C@@H](Cc1ccccc1)C(=O)O. The van der Waals surface area contributed by atoms with Crippen molar-refractivity contribution < 1.29 is 72.9 Å². The van der Waals surface area contributed by atoms with Gasteiger partial charge in [0.1, 0.15) is 66.2 Å². The van der Waals surface area contributed by atoms with E-state index in [4.69, 9.17) is 11.5 Å². The van der Waals surface area contributed by atoms with E-state index in [0.29, 0.717) is 68.4 Å². The number of hydrogen-bond acceptors (Lipinski definition) is 16. The molecule has 4 fully saturated rings. The molecule has 0 aliphatic carbocycles. The van der Waals surface area contributed by atoms with Crippen LogP contribution in [0.2, 0.25) is 0 Å². The summed E-state index contributed by atoms with van der Waals surface area (Å²) in [7, 11) is 0. The highest BCUT2D eigenvalue weighted by Crippen LogP contribution is 2.28. The molecule has 16 N–H and O–H groups in total. The van der Waals surface area contributed by atoms with Crippen LogP contribution >= 0.6 is 0 Å². The fourth-order valence-electron chi connectivity index (χ4n) is 12.6. The number of carboxylic acids is 2. The minimum atomic E-state index is -1.78. The van der Waals surface area contributed by atoms with E-state index >= 15 is 0 Å². The molecule has 3 aromatic rings. The van der Waals surface area contributed by atoms with Crippen LogP contribution in [0.15, 0.2) is 72.1 Å². The smallest absolute Gasteiger partial charge is 0.326 e. The molecule has 4 aliphatic rings. The normalized spacial score (nSPS) is 20.1. The number of nitrogens with one attached hydrogen (secondary N) is 9. The van der Waals surface area contributed by atoms with E-state index in [-0.39, 0.29) is 82.2 Å². The van der Waals surface area contributed by atoms with E-state index in [1.807, 2.05) is 0 Å². The molecule has 10 amide bonds. The first-order chi connectivity index (χ1) is 45.8. The van der Waals surface area contributed by atoms with Crippen molar-refractivity contribution >= 4 is 77.0 Å². The number of guanidine groups is 1. The molecule has 2 aromatic carbocycles. The number of H-pyrrole nitrogens is 1. The summed E-state index contributed by atoms with van der Waals surface area (Å²) in [5.41, 5.74) is 12.7. The molecule has 1 aromatic heterocycles. The first-order valence-corrected chi connectivity index (χ1v) is 32.9. The van der Waals surface area contributed by atoms with E-state index < -0.39 is 150 Å². The third kappa shape index (κ3) is 20.4. The number of benzene rings is 2. The molecule has 31 heteroatoms. The Morgan fingerprint density at radius 2 is 1.16 bits per heavy atom. The van der Waals surface area contributed by atoms with Gasteiger partial charge >= 0.3 is 11.9 Å². The van der Waals surface area contributed by atoms with Crippen LogP contribution in [0.3, 0.4) is 0 Å². The average Bonchev–Trinajstić information content (AvgIpc) is 1.60. The number of aromatic hydroxyl groups is 1. The first-order valence-electron chi connectivity index (χ1n) is 32.9. The highest BCUT2D eigenvalue weighted by Gasteiger charge is 2.46. The van der Waals surface area contributed by atoms with Gasteiger partial charge in [-0.1, -0.05) is 76.6 Å². The Balaban J connectivity index is 1.07. The molecule has 96 heavy (non-hydrogen) atoms. The van der Waals surface area contributed by atoms with Crippen LogP contribution in [-0.4, -0.2) is 216 Å². The van der Waals surface area contributed by atoms with Gasteiger partial charge in [-0.3, -0.25) is 57.7 Å². The summed E-state index contributed by atoms with van der Waals surface area (Å²) in [5.74, 6) is -11.9. The zero-order valence-electron chi connectivity index (χ0n) is 54.6. The summed E-state index contributed by atoms with van der Waals surface area (Å²) in [6, 6.07) is 0.703. The number of carbonyl (C=O) groups is 12. The highest BCUT2D eigenvalue weighted by molar-refractivity contribution is 6.00. The maximum atomic E-state index is 14.9. The van der Waals surface area contributed by atoms with Crippen molar-refractivity contribution in [1.82, 2.24) is 67.2 Å². The van der Waals surface area contributed by atoms with Crippen LogP contribution in [0.25, 0.3) is 0 Å². The second kappa shape index (κ2) is 35.2. The Morgan fingerprint density at radius 3 is 1.75 bits per heavy atom. The minimum absolute atomic E-state index is 0.0218. The van der Waals surface area contributed by atoms with Crippen molar-refractivity contribution in [1.29, 1.82) is 0 Å². The zero-order valence-corrected chi connectivity index (χ0v) is 54.6. The predicted octanol–water partition coefficient (Wildman–Crippen LogP) is -1.42. The molecule has 31 nitrogen and oxygen atoms in total. The number of phenolic OH excluding ortho intramolecular Hbond substituents is 1. The lowest BCUT2D eigenvalue weighted by molar-refractivity contribution is -0.148. The summed E-state index contributed by atoms with van der Waals surface area (Å²) in [4.78, 5) is 183. The molecule has 0 unspecified atom stereocenters. The zero-order chi connectivity index (χ0) is 69.8. The average molecular weight is 1340 g/mol. The molecule has 12 atom stereocenters. The molecule has 7 rings (SSSR count). The van der Waals surface area contributed by atoms with Crippen molar-refractivity contribution in [3.8, 4) is 5.75 Å². The lowest BCUT2D eigenvalue weighted by Crippen LogP contribution is -2.62. The number of carboxylic acid groups (broad SMARTS) is 2. The van der Waals surface area contributed by atoms with Crippen LogP contribution in [0, 0.1) is 11.8 Å². The van der Waals surface area contributed by atoms with Crippen LogP contribution in [0.4, 0.5) is 0 Å². The van der Waals surface area contributed by atoms with Crippen molar-refractivity contribution in [3.05, 3.63) is 83.9 Å². The van der Waals surface area contributed by atoms with Crippen LogP contribution in [0.1, 0.15) is 122 Å². The van der Waals surface area contributed by atoms with Gasteiger partial charge in [-0.25, -0.2) is 9.78 Å². The predicted molar refractivity (Wildman–Crippen MR) is 347 cm³/mol. The highest BCUT2D eigenvalue weighted by atomic mass is 16.4. The molecular weight excluding hydrogens is 1240 g/mol. The number of phenols is 1. The van der Waals surface area contributed by atoms with Crippen LogP contribution in [0.5, 0.6) is 5.75 Å². The number of amides is 10. The number of aromatic nitrogens is 2. The first kappa shape index (κ1) is 73.7. The number of aromatic amines is 1. The number of nitrogens with zero attached hydrogens (tertiary/aromatic N) is 5. The summed E-state index contributed by atoms with van der Waals surface area (Å²) in [6.07, 6.45) is 5.25. The second-order valence-corrected chi connectivity index (χ2v) is 25.4. The number of likely N-dealkylation sites (tertiary alicyclic amines) is 3. The van der Waals surface area contributed by atoms with Gasteiger partial charge in [0.2, 0.25) is 59.1 Å². The molecule has 0 radical (unpaired) electrons. The summed E-state index contributed by atoms with van der Waals surface area (Å²) in [5, 5.41) is 52.1. The molecule has 0 saturated carbocycles. The van der Waals surface area contributed by atoms with E-state index in [1.54, 1.807) is 62.9 Å². The van der Waals surface area contributed by atoms with Gasteiger partial charge in [-0.05, 0) is 106 Å². The van der Waals surface area contributed by atoms with Crippen molar-refractivity contribution in [3.63, 3.8) is 0 Å². The fourth-order valence-corrected chi connectivity index (χ4v) is 12.6. The van der Waals surface area contributed by atoms with Crippen molar-refractivity contribution in [2.24, 2.45) is 28.3 Å². The number of aliphatic carboxylic acids is 2. The van der Waals surface area contributed by atoms with Crippen LogP contribution in [-0.2, 0) is 76.8 Å². The Morgan fingerprint density at radius 1 is 0.604 bits per heavy atom. The monoisotopic (exact) mass is 1340 g/mol. The Labute approximate surface area is 556 Å². The quantitative estimate of drug-likeness (QED) is 0.0189. The number of imidazole rings is 1. The Hall–Kier alpha value is -9.68. The third-order valence-electron chi connectivity index (χ3n) is 18.0. The van der Waals surface area contributed by atoms with Gasteiger partial charge in [-0.2, -0.15) is 0 Å². The molecule has 522 valence electrons. The number of nitrogens with two attached hydrogens (primary N) is 2. The maximum Gasteiger partial charge on any atom is 0.326 e. The van der Waals surface area contributed by atoms with E-state index in [0.717, 1.165) is 6.42 Å². The van der Waals surface area contributed by atoms with Crippen molar-refractivity contribution in [2.45, 2.75) is 190 Å². The maximum absolute atomic E-state index is 14.9. The number of rotatable bonds is 33. The molecule has 0 bridgehead atoms. The van der Waals surface area contributed by atoms with Gasteiger partial charge in [-0.15, -0.1) is 0 Å². The number of aliphatic imine (C=N–C) groups is 1. The molecule has 4 aliphatic heterocycles. The summed E-state index contributed by atoms with van der Waals surface area (Å²) in [6.45, 7) is 7.92. The van der Waals surface area contributed by atoms with Crippen molar-refractivity contribution in [2.75, 3.05) is 32.7 Å². The largest absolute Gasteiger partial charge is 0.508 e. The molecule has 5 heterocycles. The summed E-state index contributed by atoms with van der Waals surface area (Å²) < 4.78 is 0. The Bertz CT molecular complexity index is 3250. The van der Waals surface area contributed by atoms with Gasteiger partial charge in [0, 0.05) is 57.3 Å². The number of hydrogen-bond donors (Lipinski definition) is 14. The standard InChI is InChI=1S/C65H92N16O15/c1-5-37(4)53(60(91)75-46(32-40-34-68-35-71-40)62(93)79-27-11-18-48(79)58(89)76-47(64(95)96)31-38-14-7-6-8-15-38)78-56(87)44(30-39-21-23-41(82)24-22-39)74-59(90)52(36(2)3)77-54(85)42(16-9-26-70-65(66)67)72-55(86)45(33-51(83)84)73-57(88)49-19-12-28-80(49)63(94)50-20-13-29-81(50)61(92)43-17-10-25-69-43/h6-8,14-15,21-24,34-37,42-50,52-53,69,82H,5,9-13,16-20,25-33H2,1-4H3,(H,68,71)(H,72,86)(H,73,88)(H,74,90)(H,75,91)(H,76,89)(H,77,85)(H,78,87)(H,83,84)(H,95,96)(H4,66,67,70)/t37-,42-,43-,44-,45-,46-,47-,48-,49-,50-,52-,53-/m0/s1. The van der Waals surface area contributed by atoms with Crippen LogP contribution < -0.4 is 54.0 Å². The number of carbonyl (C=O) groups excluding carboxylic acids is 10. The fraction of sp³-hybridized carbons (Fsp3) is 0.569. The van der Waals surface area contributed by atoms with Gasteiger partial charge in [0.05, 0.1) is 18.8 Å². The lowest BCUT2D eigenvalue weighted by Gasteiger charge is -2.32. The van der Waals surface area contributed by atoms with E-state index in [1.165, 1.54) is 46.6 Å². The third-order valence-corrected chi connectivity index (χ3v) is 18.0. The topological polar surface area (TPSA) is 465 Å². The minimum Gasteiger partial charge on any atom is -0.508 e. The summed E-state index contributed by atoms with van der Waals surface area (Å²) >= 11 is 0. The molecular formula is C65H92N16O15. The van der Waals surface area contributed by atoms with E-state index in [2.05, 4.69) is 57.5 Å². The second-order valence-electron chi connectivity index (χ2n) is 25.4. The van der Waals surface area contributed by atoms with E-state index in [9.17, 15) is 72.9 Å². The van der Waals surface area contributed by atoms with Gasteiger partial charge in [0.25, 0.3) is 0 Å². The van der Waals surface area contributed by atoms with Gasteiger partial charge in [0.15, 0.2) is 5.96 Å². The molecule has 0 spiro atoms. The van der Waals surface area contributed by atoms with Gasteiger partial charge < -0.3 is 89.0 Å². The Kier molecular flexibility index (Phi) is 27.0.